The molecule has 4 nitrogen and oxygen atoms in total. The van der Waals surface area contributed by atoms with Crippen molar-refractivity contribution in [3.63, 3.8) is 0 Å². The molecule has 0 fully saturated rings. The summed E-state index contributed by atoms with van der Waals surface area (Å²) in [5.41, 5.74) is 0. The minimum Gasteiger partial charge on any atom is -0.307 e. The van der Waals surface area contributed by atoms with Crippen molar-refractivity contribution in [3.8, 4) is 0 Å². The summed E-state index contributed by atoms with van der Waals surface area (Å²) in [6.45, 7) is 4.22. The van der Waals surface area contributed by atoms with E-state index in [1.807, 2.05) is 45.1 Å². The lowest BCUT2D eigenvalue weighted by Gasteiger charge is -2.03. The number of hydrogen-bond donors (Lipinski definition) is 4. The summed E-state index contributed by atoms with van der Waals surface area (Å²) in [6, 6.07) is 0. The molecule has 0 unspecified atom stereocenters. The Balaban J connectivity index is -0.000000354. The van der Waals surface area contributed by atoms with E-state index in [1.54, 1.807) is 33.5 Å². The van der Waals surface area contributed by atoms with Crippen molar-refractivity contribution in [1.82, 2.24) is 20.7 Å². The molecular weight excluding hydrogens is 437 g/mol. The molecule has 150 valence electrons. The molecule has 0 bridgehead atoms. The van der Waals surface area contributed by atoms with Crippen LogP contribution in [0.2, 0.25) is 0 Å². The molecule has 0 aromatic heterocycles. The Bertz CT molecular complexity index is 178. The summed E-state index contributed by atoms with van der Waals surface area (Å²) in [7, 11) is 7.29. The van der Waals surface area contributed by atoms with Gasteiger partial charge in [-0.15, -0.1) is 11.8 Å². The summed E-state index contributed by atoms with van der Waals surface area (Å²) in [5, 5.41) is 11.1. The lowest BCUT2D eigenvalue weighted by molar-refractivity contribution is 0.700. The fourth-order valence-electron chi connectivity index (χ4n) is 1.01. The smallest absolute Gasteiger partial charge is 0.0534 e. The molecular formula is C13H36N4S7. The van der Waals surface area contributed by atoms with Gasteiger partial charge in [0.2, 0.25) is 0 Å². The molecule has 0 aromatic rings. The van der Waals surface area contributed by atoms with Crippen LogP contribution in [0.25, 0.3) is 0 Å². The van der Waals surface area contributed by atoms with Gasteiger partial charge in [-0.05, 0) is 25.0 Å². The first-order chi connectivity index (χ1) is 11.3. The van der Waals surface area contributed by atoms with Gasteiger partial charge in [0, 0.05) is 32.1 Å². The van der Waals surface area contributed by atoms with E-state index in [0.717, 1.165) is 48.9 Å². The highest BCUT2D eigenvalue weighted by atomic mass is 33.1. The van der Waals surface area contributed by atoms with Crippen LogP contribution in [0.4, 0.5) is 0 Å². The van der Waals surface area contributed by atoms with Crippen LogP contribution in [0, 0.1) is 0 Å². The van der Waals surface area contributed by atoms with E-state index in [9.17, 15) is 0 Å². The highest BCUT2D eigenvalue weighted by Crippen LogP contribution is 2.14. The fraction of sp³-hybridized carbons (Fsp3) is 1.00. The maximum absolute atomic E-state index is 3.32. The van der Waals surface area contributed by atoms with Crippen LogP contribution < -0.4 is 20.7 Å². The molecule has 24 heavy (non-hydrogen) atoms. The van der Waals surface area contributed by atoms with E-state index in [1.165, 1.54) is 0 Å². The summed E-state index contributed by atoms with van der Waals surface area (Å²) < 4.78 is 3.28. The zero-order valence-corrected chi connectivity index (χ0v) is 20.2. The van der Waals surface area contributed by atoms with Gasteiger partial charge in [-0.1, -0.05) is 62.6 Å². The first-order valence-corrected chi connectivity index (χ1v) is 16.3. The quantitative estimate of drug-likeness (QED) is 0.107. The number of thioether (sulfide) groups is 2. The molecule has 0 aromatic carbocycles. The summed E-state index contributed by atoms with van der Waals surface area (Å²) in [5.74, 6) is 3.13. The topological polar surface area (TPSA) is 48.1 Å². The van der Waals surface area contributed by atoms with Gasteiger partial charge in [0.1, 0.15) is 0 Å². The molecule has 0 amide bonds. The third kappa shape index (κ3) is 35.4. The summed E-state index contributed by atoms with van der Waals surface area (Å²) >= 11 is 5.45. The predicted octanol–water partition coefficient (Wildman–Crippen LogP) is 4.19. The first kappa shape index (κ1) is 31.0. The van der Waals surface area contributed by atoms with Crippen LogP contribution in [0.3, 0.4) is 0 Å². The predicted molar refractivity (Wildman–Crippen MR) is 135 cm³/mol. The fourth-order valence-corrected chi connectivity index (χ4v) is 4.31. The lowest BCUT2D eigenvalue weighted by Crippen LogP contribution is -2.26. The van der Waals surface area contributed by atoms with Gasteiger partial charge in [0.05, 0.1) is 16.8 Å². The normalized spacial score (nSPS) is 10.0. The Morgan fingerprint density at radius 1 is 0.625 bits per heavy atom. The molecule has 0 heterocycles. The number of hydrogen-bond acceptors (Lipinski definition) is 11. The Morgan fingerprint density at radius 2 is 1.12 bits per heavy atom. The SMILES string of the molecule is C.CSCNCCNCSSC.CSCSNCCNCSSC. The van der Waals surface area contributed by atoms with E-state index < -0.39 is 0 Å². The van der Waals surface area contributed by atoms with Gasteiger partial charge in [-0.25, -0.2) is 0 Å². The second kappa shape index (κ2) is 32.9. The molecule has 0 saturated heterocycles. The Labute approximate surface area is 179 Å². The Hall–Kier alpha value is 2.29. The Morgan fingerprint density at radius 3 is 1.58 bits per heavy atom. The molecule has 4 N–H and O–H groups in total. The van der Waals surface area contributed by atoms with Gasteiger partial charge >= 0.3 is 0 Å². The van der Waals surface area contributed by atoms with Crippen LogP contribution in [-0.2, 0) is 0 Å². The molecule has 11 heteroatoms. The maximum atomic E-state index is 3.32. The highest BCUT2D eigenvalue weighted by Gasteiger charge is 1.88. The van der Waals surface area contributed by atoms with Crippen molar-refractivity contribution in [2.45, 2.75) is 7.43 Å². The van der Waals surface area contributed by atoms with E-state index in [0.29, 0.717) is 0 Å². The third-order valence-electron chi connectivity index (χ3n) is 1.97. The van der Waals surface area contributed by atoms with Gasteiger partial charge in [-0.2, -0.15) is 11.8 Å². The summed E-state index contributed by atoms with van der Waals surface area (Å²) in [6.07, 6.45) is 8.41. The molecule has 0 radical (unpaired) electrons. The zero-order valence-electron chi connectivity index (χ0n) is 14.5. The van der Waals surface area contributed by atoms with Crippen molar-refractivity contribution in [2.75, 3.05) is 73.9 Å². The molecule has 0 rings (SSSR count). The molecule has 0 saturated carbocycles. The van der Waals surface area contributed by atoms with Crippen molar-refractivity contribution >= 4 is 78.6 Å². The second-order valence-corrected chi connectivity index (χ2v) is 11.8. The van der Waals surface area contributed by atoms with Gasteiger partial charge < -0.3 is 16.0 Å². The van der Waals surface area contributed by atoms with Crippen molar-refractivity contribution in [1.29, 1.82) is 0 Å². The zero-order chi connectivity index (χ0) is 17.4. The minimum atomic E-state index is 0. The van der Waals surface area contributed by atoms with Crippen LogP contribution >= 0.6 is 78.6 Å². The van der Waals surface area contributed by atoms with Gasteiger partial charge in [0.15, 0.2) is 0 Å². The maximum Gasteiger partial charge on any atom is 0.0534 e. The largest absolute Gasteiger partial charge is 0.307 e. The van der Waals surface area contributed by atoms with Gasteiger partial charge in [0.25, 0.3) is 0 Å². The molecule has 0 aliphatic rings. The van der Waals surface area contributed by atoms with Crippen molar-refractivity contribution < 1.29 is 0 Å². The van der Waals surface area contributed by atoms with Crippen LogP contribution in [0.5, 0.6) is 0 Å². The molecule has 0 aliphatic carbocycles. The van der Waals surface area contributed by atoms with Crippen LogP contribution in [-0.4, -0.2) is 73.9 Å². The molecule has 0 aliphatic heterocycles. The first-order valence-electron chi connectivity index (χ1n) is 7.09. The lowest BCUT2D eigenvalue weighted by atomic mass is 10.6. The van der Waals surface area contributed by atoms with E-state index in [4.69, 9.17) is 0 Å². The van der Waals surface area contributed by atoms with E-state index in [-0.39, 0.29) is 7.43 Å². The van der Waals surface area contributed by atoms with Crippen LogP contribution in [0.1, 0.15) is 7.43 Å². The monoisotopic (exact) mass is 472 g/mol. The standard InChI is InChI=1S/C6H16N2S4.C6H16N2S3.CH4/c1-9-6-11-8-4-3-7-5-12-10-2;1-9-5-7-3-4-8-6-11-10-2;/h7-8H,3-6H2,1-2H3;7-8H,3-6H2,1-2H3;1H4. The Kier molecular flexibility index (Phi) is 42.5. The van der Waals surface area contributed by atoms with Crippen molar-refractivity contribution in [3.05, 3.63) is 0 Å². The second-order valence-electron chi connectivity index (χ2n) is 3.74. The van der Waals surface area contributed by atoms with E-state index in [2.05, 4.69) is 45.7 Å². The van der Waals surface area contributed by atoms with Crippen LogP contribution in [0.15, 0.2) is 0 Å². The van der Waals surface area contributed by atoms with E-state index >= 15 is 0 Å². The molecule has 0 atom stereocenters. The highest BCUT2D eigenvalue weighted by molar-refractivity contribution is 8.76. The van der Waals surface area contributed by atoms with Crippen molar-refractivity contribution in [2.24, 2.45) is 0 Å². The van der Waals surface area contributed by atoms with Gasteiger partial charge in [-0.3, -0.25) is 4.72 Å². The average Bonchev–Trinajstić information content (AvgIpc) is 2.57. The number of nitrogens with one attached hydrogen (secondary N) is 4. The average molecular weight is 473 g/mol. The summed E-state index contributed by atoms with van der Waals surface area (Å²) in [4.78, 5) is 0. The minimum absolute atomic E-state index is 0. The molecule has 0 spiro atoms. The third-order valence-corrected chi connectivity index (χ3v) is 7.52. The number of rotatable bonds is 17.